The molecule has 0 aliphatic carbocycles. The largest absolute Gasteiger partial charge is 0.480 e. The van der Waals surface area contributed by atoms with Crippen LogP contribution in [0, 0.1) is 0 Å². The van der Waals surface area contributed by atoms with Gasteiger partial charge in [0.05, 0.1) is 0 Å². The number of aliphatic carboxylic acids is 2. The zero-order valence-corrected chi connectivity index (χ0v) is 10.9. The topological polar surface area (TPSA) is 104 Å². The van der Waals surface area contributed by atoms with Gasteiger partial charge in [0, 0.05) is 12.2 Å². The summed E-state index contributed by atoms with van der Waals surface area (Å²) < 4.78 is 0. The smallest absolute Gasteiger partial charge is 0.328 e. The molecule has 7 heteroatoms. The van der Waals surface area contributed by atoms with Gasteiger partial charge in [0.1, 0.15) is 6.04 Å². The first-order valence-electron chi connectivity index (χ1n) is 5.49. The van der Waals surface area contributed by atoms with Gasteiger partial charge < -0.3 is 15.5 Å². The second-order valence-corrected chi connectivity index (χ2v) is 4.70. The lowest BCUT2D eigenvalue weighted by molar-refractivity contribution is -0.141. The lowest BCUT2D eigenvalue weighted by Crippen LogP contribution is -2.40. The maximum atomic E-state index is 11.2. The Morgan fingerprint density at radius 3 is 2.39 bits per heavy atom. The molecule has 18 heavy (non-hydrogen) atoms. The first kappa shape index (κ1) is 16.5. The van der Waals surface area contributed by atoms with Crippen molar-refractivity contribution in [1.29, 1.82) is 0 Å². The van der Waals surface area contributed by atoms with Crippen LogP contribution in [0.15, 0.2) is 12.2 Å². The van der Waals surface area contributed by atoms with Crippen LogP contribution in [-0.2, 0) is 14.4 Å². The average Bonchev–Trinajstić information content (AvgIpc) is 2.30. The molecule has 6 nitrogen and oxygen atoms in total. The van der Waals surface area contributed by atoms with Crippen LogP contribution in [0.3, 0.4) is 0 Å². The SMILES string of the molecule is CCCSCCC(NC(=O)/C=C/C(=O)O)C(=O)O. The van der Waals surface area contributed by atoms with E-state index in [-0.39, 0.29) is 0 Å². The molecular formula is C11H17NO5S. The quantitative estimate of drug-likeness (QED) is 0.423. The second kappa shape index (κ2) is 9.52. The van der Waals surface area contributed by atoms with Gasteiger partial charge in [0.2, 0.25) is 5.91 Å². The summed E-state index contributed by atoms with van der Waals surface area (Å²) in [5.41, 5.74) is 0. The fraction of sp³-hybridized carbons (Fsp3) is 0.545. The molecule has 0 heterocycles. The standard InChI is InChI=1S/C11H17NO5S/c1-2-6-18-7-5-8(11(16)17)12-9(13)3-4-10(14)15/h3-4,8H,2,5-7H2,1H3,(H,12,13)(H,14,15)(H,16,17)/b4-3+. The molecule has 0 aromatic heterocycles. The van der Waals surface area contributed by atoms with Gasteiger partial charge in [-0.2, -0.15) is 11.8 Å². The Hall–Kier alpha value is -1.50. The van der Waals surface area contributed by atoms with Gasteiger partial charge in [-0.05, 0) is 24.3 Å². The average molecular weight is 275 g/mol. The Balaban J connectivity index is 4.15. The number of hydrogen-bond donors (Lipinski definition) is 3. The van der Waals surface area contributed by atoms with Gasteiger partial charge >= 0.3 is 11.9 Å². The lowest BCUT2D eigenvalue weighted by atomic mass is 10.2. The first-order valence-corrected chi connectivity index (χ1v) is 6.65. The van der Waals surface area contributed by atoms with Crippen molar-refractivity contribution in [3.05, 3.63) is 12.2 Å². The Morgan fingerprint density at radius 2 is 1.89 bits per heavy atom. The van der Waals surface area contributed by atoms with Crippen LogP contribution < -0.4 is 5.32 Å². The van der Waals surface area contributed by atoms with Crippen molar-refractivity contribution in [2.45, 2.75) is 25.8 Å². The van der Waals surface area contributed by atoms with Crippen LogP contribution in [0.2, 0.25) is 0 Å². The predicted molar refractivity (Wildman–Crippen MR) is 68.6 cm³/mol. The molecule has 3 N–H and O–H groups in total. The van der Waals surface area contributed by atoms with Crippen molar-refractivity contribution in [1.82, 2.24) is 5.32 Å². The number of carboxylic acids is 2. The number of carbonyl (C=O) groups is 3. The number of carbonyl (C=O) groups excluding carboxylic acids is 1. The molecule has 102 valence electrons. The molecule has 0 radical (unpaired) electrons. The van der Waals surface area contributed by atoms with Crippen molar-refractivity contribution in [2.75, 3.05) is 11.5 Å². The molecule has 0 saturated heterocycles. The normalized spacial score (nSPS) is 12.3. The van der Waals surface area contributed by atoms with E-state index >= 15 is 0 Å². The van der Waals surface area contributed by atoms with E-state index in [9.17, 15) is 14.4 Å². The van der Waals surface area contributed by atoms with Crippen LogP contribution in [0.4, 0.5) is 0 Å². The monoisotopic (exact) mass is 275 g/mol. The molecule has 0 aliphatic rings. The van der Waals surface area contributed by atoms with E-state index in [0.717, 1.165) is 18.2 Å². The Kier molecular flexibility index (Phi) is 8.73. The molecule has 0 spiro atoms. The van der Waals surface area contributed by atoms with Gasteiger partial charge in [-0.1, -0.05) is 6.92 Å². The van der Waals surface area contributed by atoms with Gasteiger partial charge in [-0.15, -0.1) is 0 Å². The Bertz CT molecular complexity index is 329. The highest BCUT2D eigenvalue weighted by Gasteiger charge is 2.18. The van der Waals surface area contributed by atoms with Crippen molar-refractivity contribution in [2.24, 2.45) is 0 Å². The van der Waals surface area contributed by atoms with E-state index in [4.69, 9.17) is 10.2 Å². The van der Waals surface area contributed by atoms with Gasteiger partial charge in [0.15, 0.2) is 0 Å². The minimum absolute atomic E-state index is 0.312. The summed E-state index contributed by atoms with van der Waals surface area (Å²) in [5.74, 6) is -1.52. The molecule has 0 aromatic rings. The predicted octanol–water partition coefficient (Wildman–Crippen LogP) is 0.730. The third-order valence-corrected chi connectivity index (χ3v) is 3.11. The van der Waals surface area contributed by atoms with Crippen molar-refractivity contribution in [3.8, 4) is 0 Å². The van der Waals surface area contributed by atoms with E-state index < -0.39 is 23.9 Å². The summed E-state index contributed by atoms with van der Waals surface area (Å²) >= 11 is 1.62. The zero-order chi connectivity index (χ0) is 14.0. The van der Waals surface area contributed by atoms with Gasteiger partial charge in [-0.25, -0.2) is 9.59 Å². The molecule has 0 fully saturated rings. The van der Waals surface area contributed by atoms with E-state index in [0.29, 0.717) is 18.2 Å². The molecule has 0 bridgehead atoms. The fourth-order valence-electron chi connectivity index (χ4n) is 1.07. The summed E-state index contributed by atoms with van der Waals surface area (Å²) in [6, 6.07) is -0.986. The highest BCUT2D eigenvalue weighted by molar-refractivity contribution is 7.99. The second-order valence-electron chi connectivity index (χ2n) is 3.47. The van der Waals surface area contributed by atoms with E-state index in [1.807, 2.05) is 6.92 Å². The molecule has 0 aromatic carbocycles. The van der Waals surface area contributed by atoms with Gasteiger partial charge in [-0.3, -0.25) is 4.79 Å². The van der Waals surface area contributed by atoms with Crippen LogP contribution in [0.25, 0.3) is 0 Å². The highest BCUT2D eigenvalue weighted by Crippen LogP contribution is 2.06. The van der Waals surface area contributed by atoms with E-state index in [2.05, 4.69) is 5.32 Å². The summed E-state index contributed by atoms with van der Waals surface area (Å²) in [4.78, 5) is 32.3. The molecule has 0 saturated carbocycles. The highest BCUT2D eigenvalue weighted by atomic mass is 32.2. The molecule has 1 atom stereocenters. The van der Waals surface area contributed by atoms with Crippen LogP contribution in [-0.4, -0.2) is 45.6 Å². The van der Waals surface area contributed by atoms with Gasteiger partial charge in [0.25, 0.3) is 0 Å². The van der Waals surface area contributed by atoms with E-state index in [1.165, 1.54) is 0 Å². The third-order valence-electron chi connectivity index (χ3n) is 1.89. The maximum Gasteiger partial charge on any atom is 0.328 e. The first-order chi connectivity index (χ1) is 8.47. The Labute approximate surface area is 109 Å². The molecule has 1 unspecified atom stereocenters. The van der Waals surface area contributed by atoms with E-state index in [1.54, 1.807) is 11.8 Å². The minimum Gasteiger partial charge on any atom is -0.480 e. The van der Waals surface area contributed by atoms with Crippen LogP contribution >= 0.6 is 11.8 Å². The maximum absolute atomic E-state index is 11.2. The summed E-state index contributed by atoms with van der Waals surface area (Å²) in [6.07, 6.45) is 2.79. The lowest BCUT2D eigenvalue weighted by Gasteiger charge is -2.12. The summed E-state index contributed by atoms with van der Waals surface area (Å²) in [6.45, 7) is 2.03. The summed E-state index contributed by atoms with van der Waals surface area (Å²) in [5, 5.41) is 19.5. The number of rotatable bonds is 9. The van der Waals surface area contributed by atoms with Crippen molar-refractivity contribution < 1.29 is 24.6 Å². The number of nitrogens with one attached hydrogen (secondary N) is 1. The van der Waals surface area contributed by atoms with Crippen LogP contribution in [0.5, 0.6) is 0 Å². The van der Waals surface area contributed by atoms with Crippen molar-refractivity contribution >= 4 is 29.6 Å². The number of hydrogen-bond acceptors (Lipinski definition) is 4. The third kappa shape index (κ3) is 8.63. The molecular weight excluding hydrogens is 258 g/mol. The van der Waals surface area contributed by atoms with Crippen molar-refractivity contribution in [3.63, 3.8) is 0 Å². The number of carboxylic acid groups (broad SMARTS) is 2. The van der Waals surface area contributed by atoms with Crippen LogP contribution in [0.1, 0.15) is 19.8 Å². The fourth-order valence-corrected chi connectivity index (χ4v) is 1.97. The molecule has 1 amide bonds. The zero-order valence-electron chi connectivity index (χ0n) is 10.1. The summed E-state index contributed by atoms with van der Waals surface area (Å²) in [7, 11) is 0. The number of thioether (sulfide) groups is 1. The minimum atomic E-state index is -1.25. The number of amides is 1. The Morgan fingerprint density at radius 1 is 1.22 bits per heavy atom. The molecule has 0 aliphatic heterocycles. The molecule has 0 rings (SSSR count).